The summed E-state index contributed by atoms with van der Waals surface area (Å²) >= 11 is 0. The van der Waals surface area contributed by atoms with Crippen molar-refractivity contribution in [1.29, 1.82) is 0 Å². The number of ketones is 1. The molecule has 1 unspecified atom stereocenters. The minimum Gasteiger partial charge on any atom is -0.496 e. The predicted octanol–water partition coefficient (Wildman–Crippen LogP) is 4.06. The average molecular weight is 407 g/mol. The Hall–Kier alpha value is -1.47. The number of rotatable bonds is 8. The molecular formula is C23H34O6. The topological polar surface area (TPSA) is 63.2 Å². The zero-order valence-corrected chi connectivity index (χ0v) is 18.6. The molecule has 0 aliphatic heterocycles. The van der Waals surface area contributed by atoms with Crippen LogP contribution in [0.1, 0.15) is 51.9 Å². The van der Waals surface area contributed by atoms with Crippen molar-refractivity contribution < 1.29 is 28.5 Å². The van der Waals surface area contributed by atoms with Crippen molar-refractivity contribution in [2.45, 2.75) is 63.4 Å². The highest BCUT2D eigenvalue weighted by molar-refractivity contribution is 6.00. The molecule has 0 radical (unpaired) electrons. The summed E-state index contributed by atoms with van der Waals surface area (Å²) < 4.78 is 29.4. The van der Waals surface area contributed by atoms with Gasteiger partial charge in [-0.2, -0.15) is 0 Å². The second-order valence-electron chi connectivity index (χ2n) is 7.83. The van der Waals surface area contributed by atoms with Crippen LogP contribution in [-0.2, 0) is 28.5 Å². The summed E-state index contributed by atoms with van der Waals surface area (Å²) in [6, 6.07) is 0. The average Bonchev–Trinajstić information content (AvgIpc) is 2.75. The van der Waals surface area contributed by atoms with Gasteiger partial charge in [0.15, 0.2) is 5.78 Å². The van der Waals surface area contributed by atoms with E-state index in [1.54, 1.807) is 35.5 Å². The number of unbranched alkanes of at least 4 members (excludes halogenated alkanes) is 1. The van der Waals surface area contributed by atoms with E-state index in [0.29, 0.717) is 5.76 Å². The van der Waals surface area contributed by atoms with Crippen molar-refractivity contribution in [3.05, 3.63) is 34.1 Å². The molecule has 2 saturated carbocycles. The van der Waals surface area contributed by atoms with Crippen LogP contribution in [0.25, 0.3) is 0 Å². The zero-order valence-electron chi connectivity index (χ0n) is 18.6. The molecule has 0 bridgehead atoms. The number of fused-ring (bicyclic) bond motifs is 2. The van der Waals surface area contributed by atoms with Crippen LogP contribution in [0, 0.1) is 5.92 Å². The van der Waals surface area contributed by atoms with Crippen LogP contribution in [-0.4, -0.2) is 52.9 Å². The number of carbonyl (C=O) groups is 1. The smallest absolute Gasteiger partial charge is 0.259 e. The summed E-state index contributed by atoms with van der Waals surface area (Å²) in [5, 5.41) is 0. The fraction of sp³-hybridized carbons (Fsp3) is 0.696. The summed E-state index contributed by atoms with van der Waals surface area (Å²) in [6.07, 6.45) is 8.33. The molecular weight excluding hydrogens is 372 g/mol. The van der Waals surface area contributed by atoms with E-state index in [2.05, 4.69) is 6.92 Å². The Kier molecular flexibility index (Phi) is 6.68. The van der Waals surface area contributed by atoms with Crippen LogP contribution < -0.4 is 0 Å². The molecule has 2 fully saturated rings. The van der Waals surface area contributed by atoms with Gasteiger partial charge in [-0.3, -0.25) is 4.79 Å². The number of hydrogen-bond donors (Lipinski definition) is 0. The molecule has 3 aliphatic rings. The van der Waals surface area contributed by atoms with E-state index < -0.39 is 11.6 Å². The minimum absolute atomic E-state index is 0.161. The molecule has 3 rings (SSSR count). The molecule has 162 valence electrons. The summed E-state index contributed by atoms with van der Waals surface area (Å²) in [6.45, 7) is 2.13. The SMILES string of the molecule is CCCC/C1=C/C(OC)=C2\C(=C3\CCCCC3C1=O)C(OC)(OC)C2(OC)OC. The predicted molar refractivity (Wildman–Crippen MR) is 109 cm³/mol. The second kappa shape index (κ2) is 8.72. The number of Topliss-reactive ketones (excluding diaryl/α,β-unsaturated/α-hetero) is 1. The summed E-state index contributed by atoms with van der Waals surface area (Å²) in [7, 11) is 7.91. The maximum absolute atomic E-state index is 13.5. The van der Waals surface area contributed by atoms with Gasteiger partial charge in [-0.15, -0.1) is 0 Å². The van der Waals surface area contributed by atoms with Crippen molar-refractivity contribution >= 4 is 5.78 Å². The maximum atomic E-state index is 13.5. The van der Waals surface area contributed by atoms with Crippen LogP contribution in [0.5, 0.6) is 0 Å². The summed E-state index contributed by atoms with van der Waals surface area (Å²) in [5.41, 5.74) is 3.48. The van der Waals surface area contributed by atoms with E-state index >= 15 is 0 Å². The number of ether oxygens (including phenoxy) is 5. The fourth-order valence-corrected chi connectivity index (χ4v) is 5.22. The third-order valence-corrected chi connectivity index (χ3v) is 6.63. The Labute approximate surface area is 173 Å². The molecule has 0 spiro atoms. The maximum Gasteiger partial charge on any atom is 0.259 e. The fourth-order valence-electron chi connectivity index (χ4n) is 5.22. The molecule has 0 N–H and O–H groups in total. The van der Waals surface area contributed by atoms with Crippen molar-refractivity contribution in [2.75, 3.05) is 35.5 Å². The number of allylic oxidation sites excluding steroid dienone is 3. The Morgan fingerprint density at radius 3 is 2.14 bits per heavy atom. The van der Waals surface area contributed by atoms with E-state index in [0.717, 1.165) is 67.2 Å². The highest BCUT2D eigenvalue weighted by Gasteiger charge is 2.73. The van der Waals surface area contributed by atoms with E-state index in [1.807, 2.05) is 6.08 Å². The molecule has 0 aromatic carbocycles. The highest BCUT2D eigenvalue weighted by atomic mass is 16.8. The normalized spacial score (nSPS) is 32.3. The lowest BCUT2D eigenvalue weighted by atomic mass is 9.62. The van der Waals surface area contributed by atoms with Gasteiger partial charge in [0, 0.05) is 39.9 Å². The molecule has 6 heteroatoms. The van der Waals surface area contributed by atoms with Crippen molar-refractivity contribution in [3.63, 3.8) is 0 Å². The van der Waals surface area contributed by atoms with Gasteiger partial charge in [-0.05, 0) is 49.3 Å². The van der Waals surface area contributed by atoms with Crippen LogP contribution >= 0.6 is 0 Å². The summed E-state index contributed by atoms with van der Waals surface area (Å²) in [5.74, 6) is -1.92. The molecule has 0 aromatic heterocycles. The van der Waals surface area contributed by atoms with Gasteiger partial charge in [0.05, 0.1) is 12.7 Å². The molecule has 0 amide bonds. The molecule has 0 heterocycles. The van der Waals surface area contributed by atoms with Gasteiger partial charge in [0.25, 0.3) is 11.6 Å². The zero-order chi connectivity index (χ0) is 21.2. The second-order valence-corrected chi connectivity index (χ2v) is 7.83. The van der Waals surface area contributed by atoms with Crippen LogP contribution in [0.4, 0.5) is 0 Å². The minimum atomic E-state index is -1.28. The molecule has 3 aliphatic carbocycles. The van der Waals surface area contributed by atoms with Gasteiger partial charge in [-0.1, -0.05) is 19.8 Å². The molecule has 0 aromatic rings. The number of methoxy groups -OCH3 is 5. The lowest BCUT2D eigenvalue weighted by Crippen LogP contribution is -2.71. The van der Waals surface area contributed by atoms with Gasteiger partial charge in [-0.25, -0.2) is 0 Å². The Morgan fingerprint density at radius 1 is 0.966 bits per heavy atom. The first-order valence-electron chi connectivity index (χ1n) is 10.5. The largest absolute Gasteiger partial charge is 0.496 e. The van der Waals surface area contributed by atoms with Crippen molar-refractivity contribution in [2.24, 2.45) is 5.92 Å². The standard InChI is InChI=1S/C23H34O6/c1-7-8-11-15-14-18(25-2)20-19(16-12-9-10-13-17(16)21(15)24)22(26-3,27-4)23(20,28-5)29-6/h14,17H,7-13H2,1-6H3/b15-14-,19-16+,20-18-. The number of carbonyl (C=O) groups excluding carboxylic acids is 1. The van der Waals surface area contributed by atoms with Gasteiger partial charge >= 0.3 is 0 Å². The van der Waals surface area contributed by atoms with E-state index in [1.165, 1.54) is 0 Å². The Balaban J connectivity index is 2.34. The quantitative estimate of drug-likeness (QED) is 0.567. The van der Waals surface area contributed by atoms with E-state index in [9.17, 15) is 4.79 Å². The first-order valence-corrected chi connectivity index (χ1v) is 10.5. The molecule has 0 saturated heterocycles. The van der Waals surface area contributed by atoms with Gasteiger partial charge in [0.1, 0.15) is 5.76 Å². The molecule has 29 heavy (non-hydrogen) atoms. The first-order chi connectivity index (χ1) is 14.0. The van der Waals surface area contributed by atoms with Crippen molar-refractivity contribution in [3.8, 4) is 0 Å². The van der Waals surface area contributed by atoms with Crippen molar-refractivity contribution in [1.82, 2.24) is 0 Å². The van der Waals surface area contributed by atoms with Crippen LogP contribution in [0.3, 0.4) is 0 Å². The molecule has 1 atom stereocenters. The van der Waals surface area contributed by atoms with Crippen LogP contribution in [0.2, 0.25) is 0 Å². The van der Waals surface area contributed by atoms with Gasteiger partial charge in [0.2, 0.25) is 0 Å². The first kappa shape index (κ1) is 22.2. The lowest BCUT2D eigenvalue weighted by Gasteiger charge is -2.59. The molecule has 6 nitrogen and oxygen atoms in total. The lowest BCUT2D eigenvalue weighted by molar-refractivity contribution is -0.380. The monoisotopic (exact) mass is 406 g/mol. The highest BCUT2D eigenvalue weighted by Crippen LogP contribution is 2.61. The third kappa shape index (κ3) is 3.03. The summed E-state index contributed by atoms with van der Waals surface area (Å²) in [4.78, 5) is 13.5. The van der Waals surface area contributed by atoms with E-state index in [4.69, 9.17) is 23.7 Å². The van der Waals surface area contributed by atoms with Gasteiger partial charge < -0.3 is 23.7 Å². The van der Waals surface area contributed by atoms with Crippen LogP contribution in [0.15, 0.2) is 34.1 Å². The third-order valence-electron chi connectivity index (χ3n) is 6.63. The van der Waals surface area contributed by atoms with E-state index in [-0.39, 0.29) is 11.7 Å². The Morgan fingerprint density at radius 2 is 1.59 bits per heavy atom. The Bertz CT molecular complexity index is 736. The number of hydrogen-bond acceptors (Lipinski definition) is 6.